The van der Waals surface area contributed by atoms with Crippen LogP contribution < -0.4 is 5.56 Å². The molecule has 1 aromatic carbocycles. The zero-order valence-corrected chi connectivity index (χ0v) is 15.0. The number of rotatable bonds is 4. The first-order chi connectivity index (χ1) is 13.1. The van der Waals surface area contributed by atoms with Gasteiger partial charge in [-0.05, 0) is 13.0 Å². The lowest BCUT2D eigenvalue weighted by atomic mass is 10.1. The summed E-state index contributed by atoms with van der Waals surface area (Å²) in [5.41, 5.74) is 1.42. The number of amides is 1. The summed E-state index contributed by atoms with van der Waals surface area (Å²) in [6.45, 7) is 3.20. The molecular weight excluding hydrogens is 344 g/mol. The molecule has 0 radical (unpaired) electrons. The van der Waals surface area contributed by atoms with Gasteiger partial charge in [-0.15, -0.1) is 0 Å². The van der Waals surface area contributed by atoms with Crippen LogP contribution in [0.25, 0.3) is 11.4 Å². The van der Waals surface area contributed by atoms with Crippen LogP contribution in [-0.2, 0) is 17.8 Å². The van der Waals surface area contributed by atoms with Gasteiger partial charge in [0.25, 0.3) is 5.56 Å². The number of carbonyl (C=O) groups is 1. The normalized spacial score (nSPS) is 16.2. The molecule has 138 valence electrons. The van der Waals surface area contributed by atoms with E-state index in [1.807, 2.05) is 46.8 Å². The molecule has 0 spiro atoms. The summed E-state index contributed by atoms with van der Waals surface area (Å²) in [5, 5.41) is 10.9. The number of aromatic nitrogens is 5. The van der Waals surface area contributed by atoms with Crippen molar-refractivity contribution in [2.75, 3.05) is 6.54 Å². The molecule has 2 aromatic heterocycles. The van der Waals surface area contributed by atoms with E-state index in [2.05, 4.69) is 20.3 Å². The van der Waals surface area contributed by atoms with E-state index in [0.29, 0.717) is 37.4 Å². The third-order valence-electron chi connectivity index (χ3n) is 4.78. The van der Waals surface area contributed by atoms with Crippen molar-refractivity contribution in [3.8, 4) is 11.4 Å². The number of carbonyl (C=O) groups excluding carboxylic acids is 1. The number of hydrogen-bond donors (Lipinski definition) is 1. The highest BCUT2D eigenvalue weighted by Crippen LogP contribution is 2.26. The van der Waals surface area contributed by atoms with Crippen molar-refractivity contribution in [1.29, 1.82) is 0 Å². The summed E-state index contributed by atoms with van der Waals surface area (Å²) in [4.78, 5) is 30.3. The largest absolute Gasteiger partial charge is 0.331 e. The van der Waals surface area contributed by atoms with Crippen molar-refractivity contribution < 1.29 is 4.79 Å². The van der Waals surface area contributed by atoms with E-state index in [1.54, 1.807) is 6.07 Å². The minimum Gasteiger partial charge on any atom is -0.331 e. The average Bonchev–Trinajstić information content (AvgIpc) is 3.14. The molecule has 1 atom stereocenters. The molecule has 3 aromatic rings. The quantitative estimate of drug-likeness (QED) is 0.758. The summed E-state index contributed by atoms with van der Waals surface area (Å²) < 4.78 is 1.89. The fourth-order valence-corrected chi connectivity index (χ4v) is 3.30. The Hall–Kier alpha value is -3.29. The predicted octanol–water partition coefficient (Wildman–Crippen LogP) is 1.56. The smallest absolute Gasteiger partial charge is 0.264 e. The number of fused-ring (bicyclic) bond motifs is 1. The summed E-state index contributed by atoms with van der Waals surface area (Å²) in [6, 6.07) is 12.8. The molecule has 1 amide bonds. The van der Waals surface area contributed by atoms with E-state index in [1.165, 1.54) is 6.07 Å². The maximum Gasteiger partial charge on any atom is 0.264 e. The number of H-pyrrole nitrogens is 1. The molecule has 0 saturated carbocycles. The Labute approximate surface area is 155 Å². The Morgan fingerprint density at radius 3 is 2.74 bits per heavy atom. The average molecular weight is 364 g/mol. The Morgan fingerprint density at radius 2 is 2.00 bits per heavy atom. The van der Waals surface area contributed by atoms with Crippen molar-refractivity contribution in [1.82, 2.24) is 29.9 Å². The van der Waals surface area contributed by atoms with Crippen LogP contribution in [0.2, 0.25) is 0 Å². The van der Waals surface area contributed by atoms with Crippen molar-refractivity contribution in [2.24, 2.45) is 0 Å². The van der Waals surface area contributed by atoms with Gasteiger partial charge in [0, 0.05) is 31.0 Å². The number of benzene rings is 1. The number of hydrogen-bond acceptors (Lipinski definition) is 5. The zero-order valence-electron chi connectivity index (χ0n) is 15.0. The highest BCUT2D eigenvalue weighted by molar-refractivity contribution is 5.77. The van der Waals surface area contributed by atoms with Crippen molar-refractivity contribution in [3.05, 3.63) is 64.3 Å². The van der Waals surface area contributed by atoms with E-state index in [0.717, 1.165) is 11.4 Å². The highest BCUT2D eigenvalue weighted by Gasteiger charge is 2.30. The molecule has 3 heterocycles. The first kappa shape index (κ1) is 17.1. The molecule has 27 heavy (non-hydrogen) atoms. The van der Waals surface area contributed by atoms with Gasteiger partial charge in [0.05, 0.1) is 18.3 Å². The van der Waals surface area contributed by atoms with Crippen molar-refractivity contribution in [2.45, 2.75) is 32.4 Å². The van der Waals surface area contributed by atoms with Crippen molar-refractivity contribution in [3.63, 3.8) is 0 Å². The van der Waals surface area contributed by atoms with Crippen LogP contribution >= 0.6 is 0 Å². The summed E-state index contributed by atoms with van der Waals surface area (Å²) in [5.74, 6) is 1.53. The Bertz CT molecular complexity index is 990. The molecule has 4 rings (SSSR count). The Kier molecular flexibility index (Phi) is 4.53. The SMILES string of the molecule is C[C@H]1c2nc(-c3ccccc3)nn2CCN1C(=O)CCc1ccc(=O)[nH]n1. The van der Waals surface area contributed by atoms with Gasteiger partial charge in [-0.25, -0.2) is 14.8 Å². The summed E-state index contributed by atoms with van der Waals surface area (Å²) in [7, 11) is 0. The van der Waals surface area contributed by atoms with Crippen LogP contribution in [0.15, 0.2) is 47.3 Å². The van der Waals surface area contributed by atoms with Gasteiger partial charge >= 0.3 is 0 Å². The molecule has 1 aliphatic rings. The number of aromatic amines is 1. The molecular formula is C19H20N6O2. The van der Waals surface area contributed by atoms with Gasteiger partial charge in [-0.3, -0.25) is 9.59 Å². The lowest BCUT2D eigenvalue weighted by Gasteiger charge is -2.33. The third-order valence-corrected chi connectivity index (χ3v) is 4.78. The summed E-state index contributed by atoms with van der Waals surface area (Å²) >= 11 is 0. The van der Waals surface area contributed by atoms with Crippen molar-refractivity contribution >= 4 is 5.91 Å². The van der Waals surface area contributed by atoms with Gasteiger partial charge in [0.1, 0.15) is 5.82 Å². The lowest BCUT2D eigenvalue weighted by molar-refractivity contribution is -0.134. The molecule has 1 N–H and O–H groups in total. The molecule has 0 bridgehead atoms. The van der Waals surface area contributed by atoms with E-state index in [9.17, 15) is 9.59 Å². The van der Waals surface area contributed by atoms with Crippen LogP contribution in [0.4, 0.5) is 0 Å². The maximum absolute atomic E-state index is 12.7. The van der Waals surface area contributed by atoms with Gasteiger partial charge in [-0.2, -0.15) is 10.2 Å². The van der Waals surface area contributed by atoms with Gasteiger partial charge in [0.15, 0.2) is 5.82 Å². The lowest BCUT2D eigenvalue weighted by Crippen LogP contribution is -2.41. The summed E-state index contributed by atoms with van der Waals surface area (Å²) in [6.07, 6.45) is 0.823. The van der Waals surface area contributed by atoms with Crippen LogP contribution in [0.5, 0.6) is 0 Å². The Balaban J connectivity index is 1.47. The highest BCUT2D eigenvalue weighted by atomic mass is 16.2. The Morgan fingerprint density at radius 1 is 1.19 bits per heavy atom. The topological polar surface area (TPSA) is 96.8 Å². The van der Waals surface area contributed by atoms with Crippen LogP contribution in [-0.4, -0.2) is 42.3 Å². The first-order valence-electron chi connectivity index (χ1n) is 8.96. The molecule has 8 heteroatoms. The molecule has 1 aliphatic heterocycles. The van der Waals surface area contributed by atoms with E-state index in [4.69, 9.17) is 0 Å². The number of nitrogens with one attached hydrogen (secondary N) is 1. The second-order valence-corrected chi connectivity index (χ2v) is 6.56. The van der Waals surface area contributed by atoms with E-state index >= 15 is 0 Å². The molecule has 0 saturated heterocycles. The number of aryl methyl sites for hydroxylation is 1. The second kappa shape index (κ2) is 7.14. The van der Waals surface area contributed by atoms with Crippen LogP contribution in [0, 0.1) is 0 Å². The van der Waals surface area contributed by atoms with E-state index in [-0.39, 0.29) is 17.5 Å². The van der Waals surface area contributed by atoms with E-state index < -0.39 is 0 Å². The standard InChI is InChI=1S/C19H20N6O2/c1-13-19-20-18(14-5-3-2-4-6-14)23-25(19)12-11-24(13)17(27)10-8-15-7-9-16(26)22-21-15/h2-7,9,13H,8,10-12H2,1H3,(H,22,26)/t13-/m0/s1. The fraction of sp³-hybridized carbons (Fsp3) is 0.316. The molecule has 0 fully saturated rings. The molecule has 8 nitrogen and oxygen atoms in total. The fourth-order valence-electron chi connectivity index (χ4n) is 3.30. The third kappa shape index (κ3) is 3.51. The zero-order chi connectivity index (χ0) is 18.8. The minimum atomic E-state index is -0.247. The predicted molar refractivity (Wildman–Crippen MR) is 98.8 cm³/mol. The van der Waals surface area contributed by atoms with Gasteiger partial charge < -0.3 is 4.90 Å². The van der Waals surface area contributed by atoms with Crippen LogP contribution in [0.3, 0.4) is 0 Å². The molecule has 0 aliphatic carbocycles. The maximum atomic E-state index is 12.7. The monoisotopic (exact) mass is 364 g/mol. The molecule has 0 unspecified atom stereocenters. The van der Waals surface area contributed by atoms with Crippen LogP contribution in [0.1, 0.15) is 30.9 Å². The van der Waals surface area contributed by atoms with Gasteiger partial charge in [0.2, 0.25) is 5.91 Å². The second-order valence-electron chi connectivity index (χ2n) is 6.56. The first-order valence-corrected chi connectivity index (χ1v) is 8.96. The minimum absolute atomic E-state index is 0.0472. The van der Waals surface area contributed by atoms with Gasteiger partial charge in [-0.1, -0.05) is 30.3 Å². The number of nitrogens with zero attached hydrogens (tertiary/aromatic N) is 5.